The van der Waals surface area contributed by atoms with Crippen LogP contribution >= 0.6 is 0 Å². The molecule has 2 aromatic carbocycles. The van der Waals surface area contributed by atoms with E-state index < -0.39 is 0 Å². The van der Waals surface area contributed by atoms with Gasteiger partial charge >= 0.3 is 0 Å². The van der Waals surface area contributed by atoms with Crippen LogP contribution in [0.4, 0.5) is 5.69 Å². The van der Waals surface area contributed by atoms with Crippen LogP contribution in [0.5, 0.6) is 11.5 Å². The van der Waals surface area contributed by atoms with E-state index in [1.807, 2.05) is 38.1 Å². The first-order valence-electron chi connectivity index (χ1n) is 11.6. The third-order valence-corrected chi connectivity index (χ3v) is 5.54. The number of fused-ring (bicyclic) bond motifs is 1. The van der Waals surface area contributed by atoms with E-state index in [9.17, 15) is 14.4 Å². The number of benzene rings is 2. The number of carbonyl (C=O) groups excluding carboxylic acids is 3. The number of hydrogen-bond acceptors (Lipinski definition) is 6. The molecule has 3 aromatic rings. The number of hydrogen-bond donors (Lipinski definition) is 1. The molecule has 0 aliphatic carbocycles. The molecule has 0 bridgehead atoms. The number of aryl methyl sites for hydroxylation is 1. The topological polar surface area (TPSA) is 98.1 Å². The van der Waals surface area contributed by atoms with Crippen LogP contribution in [-0.2, 0) is 17.8 Å². The zero-order valence-corrected chi connectivity index (χ0v) is 20.0. The zero-order valence-electron chi connectivity index (χ0n) is 20.0. The van der Waals surface area contributed by atoms with Gasteiger partial charge < -0.3 is 19.2 Å². The van der Waals surface area contributed by atoms with Crippen LogP contribution in [0, 0.1) is 0 Å². The molecule has 0 saturated carbocycles. The van der Waals surface area contributed by atoms with Gasteiger partial charge in [-0.3, -0.25) is 19.3 Å². The second kappa shape index (κ2) is 10.5. The Hall–Kier alpha value is -4.07. The minimum atomic E-state index is -0.322. The summed E-state index contributed by atoms with van der Waals surface area (Å²) in [6, 6.07) is 15.7. The van der Waals surface area contributed by atoms with Crippen LogP contribution in [0.15, 0.2) is 59.0 Å². The second-order valence-electron chi connectivity index (χ2n) is 8.55. The lowest BCUT2D eigenvalue weighted by atomic mass is 10.1. The Morgan fingerprint density at radius 3 is 2.57 bits per heavy atom. The van der Waals surface area contributed by atoms with Gasteiger partial charge in [0.15, 0.2) is 24.8 Å². The molecule has 0 radical (unpaired) electrons. The second-order valence-corrected chi connectivity index (χ2v) is 8.55. The van der Waals surface area contributed by atoms with Crippen LogP contribution < -0.4 is 19.7 Å². The minimum Gasteiger partial charge on any atom is -0.485 e. The molecule has 2 heterocycles. The molecule has 0 spiro atoms. The summed E-state index contributed by atoms with van der Waals surface area (Å²) in [7, 11) is 0. The maximum absolute atomic E-state index is 12.8. The van der Waals surface area contributed by atoms with Crippen LogP contribution in [0.3, 0.4) is 0 Å². The molecule has 35 heavy (non-hydrogen) atoms. The molecule has 1 aromatic heterocycles. The Balaban J connectivity index is 1.48. The van der Waals surface area contributed by atoms with Crippen molar-refractivity contribution in [1.82, 2.24) is 5.32 Å². The van der Waals surface area contributed by atoms with E-state index in [1.165, 1.54) is 10.5 Å². The summed E-state index contributed by atoms with van der Waals surface area (Å²) >= 11 is 0. The lowest BCUT2D eigenvalue weighted by Crippen LogP contribution is -2.38. The number of nitrogens with zero attached hydrogens (tertiary/aromatic N) is 1. The molecule has 0 atom stereocenters. The number of ether oxygens (including phenoxy) is 2. The molecule has 1 aliphatic heterocycles. The fourth-order valence-electron chi connectivity index (χ4n) is 3.68. The van der Waals surface area contributed by atoms with Crippen molar-refractivity contribution in [2.45, 2.75) is 39.8 Å². The van der Waals surface area contributed by atoms with Crippen molar-refractivity contribution < 1.29 is 28.3 Å². The van der Waals surface area contributed by atoms with E-state index >= 15 is 0 Å². The highest BCUT2D eigenvalue weighted by molar-refractivity contribution is 6.02. The number of rotatable bonds is 9. The lowest BCUT2D eigenvalue weighted by Gasteiger charge is -2.29. The van der Waals surface area contributed by atoms with E-state index in [2.05, 4.69) is 12.2 Å². The number of carbonyl (C=O) groups is 3. The largest absolute Gasteiger partial charge is 0.485 e. The summed E-state index contributed by atoms with van der Waals surface area (Å²) in [4.78, 5) is 39.1. The van der Waals surface area contributed by atoms with Crippen molar-refractivity contribution in [3.8, 4) is 11.5 Å². The average Bonchev–Trinajstić information content (AvgIpc) is 3.33. The summed E-state index contributed by atoms with van der Waals surface area (Å²) in [5.74, 6) is 0.885. The fourth-order valence-corrected chi connectivity index (χ4v) is 3.68. The molecule has 1 N–H and O–H groups in total. The van der Waals surface area contributed by atoms with Gasteiger partial charge in [0.25, 0.3) is 11.8 Å². The Morgan fingerprint density at radius 2 is 1.86 bits per heavy atom. The number of nitrogens with one attached hydrogen (secondary N) is 1. The molecule has 0 fully saturated rings. The Morgan fingerprint density at radius 1 is 1.09 bits per heavy atom. The minimum absolute atomic E-state index is 0.0283. The summed E-state index contributed by atoms with van der Waals surface area (Å²) < 4.78 is 16.9. The van der Waals surface area contributed by atoms with Gasteiger partial charge in [0.2, 0.25) is 0 Å². The summed E-state index contributed by atoms with van der Waals surface area (Å²) in [6.45, 7) is 5.63. The van der Waals surface area contributed by atoms with Gasteiger partial charge in [-0.25, -0.2) is 0 Å². The van der Waals surface area contributed by atoms with Crippen LogP contribution in [0.2, 0.25) is 0 Å². The van der Waals surface area contributed by atoms with Crippen molar-refractivity contribution in [1.29, 1.82) is 0 Å². The number of furan rings is 1. The van der Waals surface area contributed by atoms with E-state index in [1.54, 1.807) is 30.3 Å². The number of Topliss-reactive ketones (excluding diaryl/α,β-unsaturated/α-hetero) is 1. The standard InChI is InChI=1S/C27H28N2O6/c1-4-18-5-8-20(9-6-18)33-15-23(30)19-7-11-24-22(13-19)29(26(31)16-34-24)14-21-10-12-25(35-21)27(32)28-17(2)3/h5-13,17H,4,14-16H2,1-3H3,(H,28,32). The monoisotopic (exact) mass is 476 g/mol. The van der Waals surface area contributed by atoms with Crippen molar-refractivity contribution in [3.05, 3.63) is 77.2 Å². The number of ketones is 1. The van der Waals surface area contributed by atoms with Crippen LogP contribution in [-0.4, -0.2) is 36.9 Å². The van der Waals surface area contributed by atoms with Crippen LogP contribution in [0.1, 0.15) is 53.0 Å². The van der Waals surface area contributed by atoms with E-state index in [-0.39, 0.29) is 49.2 Å². The quantitative estimate of drug-likeness (QED) is 0.466. The third kappa shape index (κ3) is 5.71. The lowest BCUT2D eigenvalue weighted by molar-refractivity contribution is -0.121. The smallest absolute Gasteiger partial charge is 0.287 e. The summed E-state index contributed by atoms with van der Waals surface area (Å²) in [5, 5.41) is 2.77. The van der Waals surface area contributed by atoms with Crippen LogP contribution in [0.25, 0.3) is 0 Å². The van der Waals surface area contributed by atoms with Gasteiger partial charge in [0.1, 0.15) is 17.3 Å². The van der Waals surface area contributed by atoms with E-state index in [0.29, 0.717) is 28.5 Å². The average molecular weight is 477 g/mol. The molecular weight excluding hydrogens is 448 g/mol. The Labute approximate surface area is 203 Å². The van der Waals surface area contributed by atoms with Crippen molar-refractivity contribution >= 4 is 23.3 Å². The van der Waals surface area contributed by atoms with Gasteiger partial charge in [-0.15, -0.1) is 0 Å². The molecule has 1 aliphatic rings. The summed E-state index contributed by atoms with van der Waals surface area (Å²) in [6.07, 6.45) is 0.927. The van der Waals surface area contributed by atoms with Gasteiger partial charge in [-0.05, 0) is 68.3 Å². The highest BCUT2D eigenvalue weighted by Crippen LogP contribution is 2.34. The predicted molar refractivity (Wildman–Crippen MR) is 130 cm³/mol. The highest BCUT2D eigenvalue weighted by Gasteiger charge is 2.28. The van der Waals surface area contributed by atoms with E-state index in [4.69, 9.17) is 13.9 Å². The predicted octanol–water partition coefficient (Wildman–Crippen LogP) is 4.17. The molecule has 8 nitrogen and oxygen atoms in total. The highest BCUT2D eigenvalue weighted by atomic mass is 16.5. The first-order chi connectivity index (χ1) is 16.8. The molecule has 182 valence electrons. The summed E-state index contributed by atoms with van der Waals surface area (Å²) in [5.41, 5.74) is 2.05. The van der Waals surface area contributed by atoms with Gasteiger partial charge in [-0.1, -0.05) is 19.1 Å². The first-order valence-corrected chi connectivity index (χ1v) is 11.6. The van der Waals surface area contributed by atoms with Gasteiger partial charge in [0, 0.05) is 11.6 Å². The van der Waals surface area contributed by atoms with Gasteiger partial charge in [0.05, 0.1) is 12.2 Å². The Kier molecular flexibility index (Phi) is 7.19. The maximum atomic E-state index is 12.8. The SMILES string of the molecule is CCc1ccc(OCC(=O)c2ccc3c(c2)N(Cc2ccc(C(=O)NC(C)C)o2)C(=O)CO3)cc1. The molecule has 0 unspecified atom stereocenters. The van der Waals surface area contributed by atoms with Crippen molar-refractivity contribution in [3.63, 3.8) is 0 Å². The van der Waals surface area contributed by atoms with Crippen molar-refractivity contribution in [2.24, 2.45) is 0 Å². The van der Waals surface area contributed by atoms with Crippen molar-refractivity contribution in [2.75, 3.05) is 18.1 Å². The Bertz CT molecular complexity index is 1230. The molecular formula is C27H28N2O6. The molecule has 2 amide bonds. The van der Waals surface area contributed by atoms with Gasteiger partial charge in [-0.2, -0.15) is 0 Å². The zero-order chi connectivity index (χ0) is 24.9. The number of amides is 2. The normalized spacial score (nSPS) is 12.8. The fraction of sp³-hybridized carbons (Fsp3) is 0.296. The third-order valence-electron chi connectivity index (χ3n) is 5.54. The molecule has 8 heteroatoms. The maximum Gasteiger partial charge on any atom is 0.287 e. The first kappa shape index (κ1) is 24.1. The molecule has 0 saturated heterocycles. The molecule has 4 rings (SSSR count). The number of anilines is 1. The van der Waals surface area contributed by atoms with E-state index in [0.717, 1.165) is 6.42 Å².